The number of aromatic nitrogens is 3. The van der Waals surface area contributed by atoms with Crippen molar-refractivity contribution in [2.45, 2.75) is 51.6 Å². The Kier molecular flexibility index (Phi) is 5.84. The highest BCUT2D eigenvalue weighted by atomic mass is 35.5. The number of allylic oxidation sites excluding steroid dienone is 2. The van der Waals surface area contributed by atoms with Gasteiger partial charge in [0, 0.05) is 16.5 Å². The number of nitrogens with one attached hydrogen (secondary N) is 1. The normalized spacial score (nSPS) is 19.1. The number of anilines is 1. The van der Waals surface area contributed by atoms with Crippen molar-refractivity contribution >= 4 is 40.8 Å². The number of fused-ring (bicyclic) bond motifs is 1. The predicted octanol–water partition coefficient (Wildman–Crippen LogP) is 4.65. The Morgan fingerprint density at radius 2 is 2.08 bits per heavy atom. The van der Waals surface area contributed by atoms with Crippen molar-refractivity contribution in [3.63, 3.8) is 0 Å². The molecule has 2 N–H and O–H groups in total. The average Bonchev–Trinajstić information content (AvgIpc) is 3.27. The molecule has 0 spiro atoms. The first kappa shape index (κ1) is 23.7. The Labute approximate surface area is 209 Å². The van der Waals surface area contributed by atoms with Crippen molar-refractivity contribution in [1.82, 2.24) is 15.1 Å². The van der Waals surface area contributed by atoms with E-state index in [4.69, 9.17) is 29.7 Å². The van der Waals surface area contributed by atoms with Gasteiger partial charge >= 0.3 is 17.8 Å². The number of carbonyl (C=O) groups is 2. The summed E-state index contributed by atoms with van der Waals surface area (Å²) in [7, 11) is 0. The highest BCUT2D eigenvalue weighted by Crippen LogP contribution is 2.48. The van der Waals surface area contributed by atoms with E-state index < -0.39 is 23.6 Å². The summed E-state index contributed by atoms with van der Waals surface area (Å²) in [5.74, 6) is 4.60. The Hall–Kier alpha value is -4.04. The van der Waals surface area contributed by atoms with Crippen molar-refractivity contribution in [2.24, 2.45) is 5.92 Å². The van der Waals surface area contributed by atoms with Crippen LogP contribution in [0.3, 0.4) is 0 Å². The molecule has 2 unspecified atom stereocenters. The summed E-state index contributed by atoms with van der Waals surface area (Å²) in [5.41, 5.74) is 0.384. The molecule has 1 amide bonds. The third-order valence-corrected chi connectivity index (χ3v) is 6.73. The lowest BCUT2D eigenvalue weighted by Gasteiger charge is -2.22. The lowest BCUT2D eigenvalue weighted by Crippen LogP contribution is -2.23. The van der Waals surface area contributed by atoms with Crippen LogP contribution in [0.2, 0.25) is 0 Å². The van der Waals surface area contributed by atoms with E-state index in [-0.39, 0.29) is 40.6 Å². The monoisotopic (exact) mass is 512 g/mol. The van der Waals surface area contributed by atoms with Gasteiger partial charge in [0.1, 0.15) is 22.9 Å². The molecule has 0 radical (unpaired) electrons. The number of oxazole rings is 2. The summed E-state index contributed by atoms with van der Waals surface area (Å²) in [4.78, 5) is 32.2. The molecule has 0 bridgehead atoms. The van der Waals surface area contributed by atoms with Gasteiger partial charge in [0.2, 0.25) is 17.3 Å². The number of aliphatic carboxylic acids is 1. The van der Waals surface area contributed by atoms with Crippen molar-refractivity contribution in [3.8, 4) is 11.8 Å². The van der Waals surface area contributed by atoms with Crippen LogP contribution in [0.15, 0.2) is 36.1 Å². The van der Waals surface area contributed by atoms with Gasteiger partial charge in [-0.3, -0.25) is 10.1 Å². The second-order valence-corrected chi connectivity index (χ2v) is 9.18. The average molecular weight is 513 g/mol. The first-order valence-corrected chi connectivity index (χ1v) is 11.6. The van der Waals surface area contributed by atoms with E-state index in [1.807, 2.05) is 19.1 Å². The van der Waals surface area contributed by atoms with E-state index in [2.05, 4.69) is 32.3 Å². The third-order valence-electron chi connectivity index (χ3n) is 6.14. The predicted molar refractivity (Wildman–Crippen MR) is 125 cm³/mol. The molecule has 2 atom stereocenters. The topological polar surface area (TPSA) is 154 Å². The van der Waals surface area contributed by atoms with Crippen LogP contribution in [0.5, 0.6) is 0 Å². The van der Waals surface area contributed by atoms with Crippen molar-refractivity contribution in [3.05, 3.63) is 46.0 Å². The largest absolute Gasteiger partial charge is 0.480 e. The molecular weight excluding hydrogens is 492 g/mol. The molecule has 0 saturated heterocycles. The Morgan fingerprint density at radius 3 is 2.78 bits per heavy atom. The van der Waals surface area contributed by atoms with Crippen LogP contribution in [0.25, 0.3) is 11.4 Å². The lowest BCUT2D eigenvalue weighted by molar-refractivity contribution is -0.140. The minimum Gasteiger partial charge on any atom is -0.480 e. The highest BCUT2D eigenvalue weighted by Gasteiger charge is 2.56. The molecule has 2 aliphatic carbocycles. The summed E-state index contributed by atoms with van der Waals surface area (Å²) in [6, 6.07) is 0. The Morgan fingerprint density at radius 1 is 1.31 bits per heavy atom. The molecule has 11 nitrogen and oxygen atoms in total. The molecule has 3 heterocycles. The van der Waals surface area contributed by atoms with Gasteiger partial charge in [0.05, 0.1) is 0 Å². The van der Waals surface area contributed by atoms with E-state index in [9.17, 15) is 14.7 Å². The van der Waals surface area contributed by atoms with Crippen LogP contribution in [0.4, 0.5) is 10.5 Å². The number of carboxylic acids is 1. The Bertz CT molecular complexity index is 1460. The Balaban J connectivity index is 1.29. The standard InChI is InChI=1S/C24H21ClN4O7/c1-11-5-4-6-14(17(11)25)13(3)33-23(32)27-18-12(2)29-36-15(18)7-8-16-26-19-20(34-16)35-21(28-19)24(9-10-24)22(30)31/h4,6,11,13H,5,9-10H2,1-3H3,(H,27,32)(H,30,31). The van der Waals surface area contributed by atoms with Gasteiger partial charge in [0.15, 0.2) is 0 Å². The van der Waals surface area contributed by atoms with Gasteiger partial charge in [-0.2, -0.15) is 9.97 Å². The first-order valence-electron chi connectivity index (χ1n) is 11.2. The van der Waals surface area contributed by atoms with E-state index in [0.717, 1.165) is 12.0 Å². The number of aryl methyl sites for hydroxylation is 1. The SMILES string of the molecule is Cc1noc(C#Cc2nc3nc(C4(C(=O)O)CC4)oc3o2)c1NC(=O)OC(C)C1=C(Cl)C(C)CC=C1. The molecule has 12 heteroatoms. The maximum absolute atomic E-state index is 12.5. The third kappa shape index (κ3) is 4.24. The zero-order valence-corrected chi connectivity index (χ0v) is 20.3. The van der Waals surface area contributed by atoms with Crippen molar-refractivity contribution in [1.29, 1.82) is 0 Å². The van der Waals surface area contributed by atoms with Crippen LogP contribution < -0.4 is 5.32 Å². The summed E-state index contributed by atoms with van der Waals surface area (Å²) >= 11 is 6.39. The number of hydrogen-bond acceptors (Lipinski definition) is 9. The molecule has 1 saturated carbocycles. The molecular formula is C24H21ClN4O7. The maximum Gasteiger partial charge on any atom is 0.412 e. The molecule has 2 aliphatic rings. The molecule has 3 aromatic rings. The number of carbonyl (C=O) groups excluding carboxylic acids is 1. The van der Waals surface area contributed by atoms with Gasteiger partial charge in [-0.1, -0.05) is 35.8 Å². The number of ether oxygens (including phenoxy) is 1. The number of nitrogens with zero attached hydrogens (tertiary/aromatic N) is 3. The van der Waals surface area contributed by atoms with Crippen molar-refractivity contribution in [2.75, 3.05) is 5.32 Å². The smallest absolute Gasteiger partial charge is 0.412 e. The molecule has 5 rings (SSSR count). The maximum atomic E-state index is 12.5. The number of rotatable bonds is 5. The molecule has 186 valence electrons. The zero-order valence-electron chi connectivity index (χ0n) is 19.5. The minimum atomic E-state index is -1.10. The first-order chi connectivity index (χ1) is 17.2. The highest BCUT2D eigenvalue weighted by molar-refractivity contribution is 6.30. The number of hydrogen-bond donors (Lipinski definition) is 2. The molecule has 3 aromatic heterocycles. The quantitative estimate of drug-likeness (QED) is 0.461. The number of amides is 1. The van der Waals surface area contributed by atoms with E-state index >= 15 is 0 Å². The van der Waals surface area contributed by atoms with Crippen molar-refractivity contribution < 1.29 is 32.8 Å². The zero-order chi connectivity index (χ0) is 25.6. The van der Waals surface area contributed by atoms with Gasteiger partial charge in [-0.15, -0.1) is 0 Å². The van der Waals surface area contributed by atoms with Crippen LogP contribution in [-0.4, -0.2) is 38.4 Å². The summed E-state index contributed by atoms with van der Waals surface area (Å²) < 4.78 is 21.6. The van der Waals surface area contributed by atoms with Gasteiger partial charge in [0.25, 0.3) is 5.89 Å². The molecule has 36 heavy (non-hydrogen) atoms. The second-order valence-electron chi connectivity index (χ2n) is 8.77. The summed E-state index contributed by atoms with van der Waals surface area (Å²) in [6.45, 7) is 5.38. The van der Waals surface area contributed by atoms with Crippen LogP contribution >= 0.6 is 11.6 Å². The number of halogens is 1. The van der Waals surface area contributed by atoms with Crippen LogP contribution in [0.1, 0.15) is 56.3 Å². The van der Waals surface area contributed by atoms with Gasteiger partial charge < -0.3 is 23.2 Å². The van der Waals surface area contributed by atoms with E-state index in [0.29, 0.717) is 23.6 Å². The molecule has 0 aromatic carbocycles. The molecule has 0 aliphatic heterocycles. The van der Waals surface area contributed by atoms with E-state index in [1.165, 1.54) is 0 Å². The fraction of sp³-hybridized carbons (Fsp3) is 0.375. The summed E-state index contributed by atoms with van der Waals surface area (Å²) in [6.07, 6.45) is 4.28. The second kappa shape index (κ2) is 8.87. The fourth-order valence-electron chi connectivity index (χ4n) is 3.81. The minimum absolute atomic E-state index is 0.0227. The number of carboxylic acid groups (broad SMARTS) is 1. The van der Waals surface area contributed by atoms with Crippen LogP contribution in [0, 0.1) is 24.7 Å². The van der Waals surface area contributed by atoms with Gasteiger partial charge in [-0.25, -0.2) is 4.79 Å². The fourth-order valence-corrected chi connectivity index (χ4v) is 4.11. The van der Waals surface area contributed by atoms with Gasteiger partial charge in [-0.05, 0) is 44.9 Å². The summed E-state index contributed by atoms with van der Waals surface area (Å²) in [5, 5.41) is 16.5. The lowest BCUT2D eigenvalue weighted by atomic mass is 9.95. The van der Waals surface area contributed by atoms with Crippen LogP contribution in [-0.2, 0) is 14.9 Å². The van der Waals surface area contributed by atoms with E-state index in [1.54, 1.807) is 13.8 Å². The molecule has 1 fully saturated rings.